The van der Waals surface area contributed by atoms with Gasteiger partial charge in [-0.2, -0.15) is 18.3 Å². The molecule has 11 heteroatoms. The molecule has 0 radical (unpaired) electrons. The van der Waals surface area contributed by atoms with E-state index < -0.39 is 23.5 Å². The summed E-state index contributed by atoms with van der Waals surface area (Å²) in [5, 5.41) is 18.5. The van der Waals surface area contributed by atoms with Crippen molar-refractivity contribution >= 4 is 11.6 Å². The largest absolute Gasteiger partial charge is 0.433 e. The highest BCUT2D eigenvalue weighted by Gasteiger charge is 2.47. The number of aromatic nitrogens is 5. The highest BCUT2D eigenvalue weighted by atomic mass is 35.5. The molecule has 33 heavy (non-hydrogen) atoms. The van der Waals surface area contributed by atoms with Crippen LogP contribution >= 0.6 is 11.6 Å². The minimum atomic E-state index is -4.73. The fraction of sp³-hybridized carbons (Fsp3) is 0.273. The van der Waals surface area contributed by atoms with E-state index in [-0.39, 0.29) is 35.4 Å². The summed E-state index contributed by atoms with van der Waals surface area (Å²) in [4.78, 5) is 8.09. The molecule has 0 aliphatic heterocycles. The van der Waals surface area contributed by atoms with Crippen molar-refractivity contribution in [2.24, 2.45) is 0 Å². The predicted octanol–water partition coefficient (Wildman–Crippen LogP) is 5.42. The maximum Gasteiger partial charge on any atom is 0.433 e. The standard InChI is InChI=1S/C22H17ClF3N5O2/c1-21(32)8-12(9-21)31-20(22(24,25)26)14(10-29-31)19-17(16-6-7-27-11-28-16)18(30-33-19)13-4-2-3-5-15(13)23/h2-7,10-12,32H,8-9H2,1H3. The second-order valence-electron chi connectivity index (χ2n) is 8.22. The molecule has 0 amide bonds. The zero-order valence-electron chi connectivity index (χ0n) is 17.2. The molecule has 1 fully saturated rings. The van der Waals surface area contributed by atoms with Crippen molar-refractivity contribution in [3.8, 4) is 33.8 Å². The van der Waals surface area contributed by atoms with E-state index in [1.54, 1.807) is 37.3 Å². The third-order valence-corrected chi connectivity index (χ3v) is 5.99. The summed E-state index contributed by atoms with van der Waals surface area (Å²) in [6.45, 7) is 1.58. The smallest absolute Gasteiger partial charge is 0.390 e. The van der Waals surface area contributed by atoms with E-state index in [0.717, 1.165) is 10.9 Å². The van der Waals surface area contributed by atoms with Crippen LogP contribution in [0.3, 0.4) is 0 Å². The van der Waals surface area contributed by atoms with Crippen LogP contribution in [0.5, 0.6) is 0 Å². The van der Waals surface area contributed by atoms with Crippen LogP contribution in [-0.2, 0) is 6.18 Å². The minimum absolute atomic E-state index is 0.131. The van der Waals surface area contributed by atoms with E-state index in [9.17, 15) is 18.3 Å². The fourth-order valence-electron chi connectivity index (χ4n) is 4.20. The molecule has 1 aliphatic rings. The van der Waals surface area contributed by atoms with Crippen molar-refractivity contribution in [2.45, 2.75) is 37.6 Å². The number of nitrogens with zero attached hydrogens (tertiary/aromatic N) is 5. The van der Waals surface area contributed by atoms with Crippen LogP contribution in [0.4, 0.5) is 13.2 Å². The summed E-state index contributed by atoms with van der Waals surface area (Å²) < 4.78 is 49.1. The average molecular weight is 476 g/mol. The monoisotopic (exact) mass is 475 g/mol. The third kappa shape index (κ3) is 3.79. The zero-order chi connectivity index (χ0) is 23.4. The summed E-state index contributed by atoms with van der Waals surface area (Å²) in [5.74, 6) is -0.131. The third-order valence-electron chi connectivity index (χ3n) is 5.66. The Bertz CT molecular complexity index is 1310. The van der Waals surface area contributed by atoms with Gasteiger partial charge < -0.3 is 9.63 Å². The van der Waals surface area contributed by atoms with Crippen molar-refractivity contribution in [2.75, 3.05) is 0 Å². The number of aliphatic hydroxyl groups is 1. The molecule has 5 rings (SSSR count). The van der Waals surface area contributed by atoms with E-state index in [4.69, 9.17) is 16.1 Å². The van der Waals surface area contributed by atoms with Gasteiger partial charge in [0, 0.05) is 11.8 Å². The molecule has 170 valence electrons. The summed E-state index contributed by atoms with van der Waals surface area (Å²) >= 11 is 6.34. The molecule has 0 bridgehead atoms. The van der Waals surface area contributed by atoms with Crippen LogP contribution in [0, 0.1) is 0 Å². The Balaban J connectivity index is 1.73. The number of benzene rings is 1. The van der Waals surface area contributed by atoms with E-state index in [0.29, 0.717) is 16.3 Å². The Kier molecular flexibility index (Phi) is 5.02. The van der Waals surface area contributed by atoms with Crippen LogP contribution in [0.1, 0.15) is 31.5 Å². The van der Waals surface area contributed by atoms with Crippen LogP contribution in [-0.4, -0.2) is 35.6 Å². The predicted molar refractivity (Wildman–Crippen MR) is 113 cm³/mol. The Morgan fingerprint density at radius 2 is 1.94 bits per heavy atom. The summed E-state index contributed by atoms with van der Waals surface area (Å²) in [5.41, 5.74) is -0.955. The average Bonchev–Trinajstić information content (AvgIpc) is 3.37. The molecule has 1 saturated carbocycles. The SMILES string of the molecule is CC1(O)CC(n2ncc(-c3onc(-c4ccccc4Cl)c3-c3ccncn3)c2C(F)(F)F)C1. The molecule has 1 aromatic carbocycles. The molecule has 0 unspecified atom stereocenters. The van der Waals surface area contributed by atoms with E-state index in [2.05, 4.69) is 20.2 Å². The highest BCUT2D eigenvalue weighted by molar-refractivity contribution is 6.33. The Hall–Kier alpha value is -3.24. The number of rotatable bonds is 4. The molecule has 3 aromatic heterocycles. The fourth-order valence-corrected chi connectivity index (χ4v) is 4.43. The van der Waals surface area contributed by atoms with Gasteiger partial charge in [-0.15, -0.1) is 0 Å². The molecule has 7 nitrogen and oxygen atoms in total. The van der Waals surface area contributed by atoms with Crippen LogP contribution < -0.4 is 0 Å². The van der Waals surface area contributed by atoms with Crippen molar-refractivity contribution in [3.05, 3.63) is 59.8 Å². The molecule has 0 saturated heterocycles. The van der Waals surface area contributed by atoms with Gasteiger partial charge in [0.1, 0.15) is 12.0 Å². The summed E-state index contributed by atoms with van der Waals surface area (Å²) in [7, 11) is 0. The summed E-state index contributed by atoms with van der Waals surface area (Å²) in [6.07, 6.45) is -0.535. The highest BCUT2D eigenvalue weighted by Crippen LogP contribution is 2.48. The van der Waals surface area contributed by atoms with Gasteiger partial charge in [0.15, 0.2) is 11.5 Å². The normalized spacial score (nSPS) is 20.6. The molecule has 1 N–H and O–H groups in total. The number of hydrogen-bond acceptors (Lipinski definition) is 6. The van der Waals surface area contributed by atoms with E-state index >= 15 is 0 Å². The quantitative estimate of drug-likeness (QED) is 0.424. The molecular weight excluding hydrogens is 459 g/mol. The second kappa shape index (κ2) is 7.67. The first kappa shape index (κ1) is 21.6. The van der Waals surface area contributed by atoms with Crippen molar-refractivity contribution < 1.29 is 22.8 Å². The van der Waals surface area contributed by atoms with Gasteiger partial charge >= 0.3 is 6.18 Å². The Labute approximate surface area is 190 Å². The van der Waals surface area contributed by atoms with Gasteiger partial charge in [-0.3, -0.25) is 4.68 Å². The Morgan fingerprint density at radius 1 is 1.18 bits per heavy atom. The van der Waals surface area contributed by atoms with Gasteiger partial charge in [0.25, 0.3) is 0 Å². The van der Waals surface area contributed by atoms with Gasteiger partial charge in [-0.25, -0.2) is 9.97 Å². The lowest BCUT2D eigenvalue weighted by atomic mass is 9.77. The number of halogens is 4. The van der Waals surface area contributed by atoms with E-state index in [1.807, 2.05) is 0 Å². The molecule has 0 atom stereocenters. The van der Waals surface area contributed by atoms with Gasteiger partial charge in [0.2, 0.25) is 0 Å². The van der Waals surface area contributed by atoms with Crippen LogP contribution in [0.25, 0.3) is 33.8 Å². The lowest BCUT2D eigenvalue weighted by Gasteiger charge is -2.41. The number of alkyl halides is 3. The van der Waals surface area contributed by atoms with Crippen molar-refractivity contribution in [1.29, 1.82) is 0 Å². The first-order valence-corrected chi connectivity index (χ1v) is 10.4. The zero-order valence-corrected chi connectivity index (χ0v) is 18.0. The van der Waals surface area contributed by atoms with Crippen LogP contribution in [0.15, 0.2) is 53.6 Å². The lowest BCUT2D eigenvalue weighted by molar-refractivity contribution is -0.148. The van der Waals surface area contributed by atoms with Crippen molar-refractivity contribution in [1.82, 2.24) is 24.9 Å². The lowest BCUT2D eigenvalue weighted by Crippen LogP contribution is -2.43. The van der Waals surface area contributed by atoms with Crippen molar-refractivity contribution in [3.63, 3.8) is 0 Å². The van der Waals surface area contributed by atoms with Gasteiger partial charge in [-0.1, -0.05) is 35.0 Å². The first-order valence-electron chi connectivity index (χ1n) is 10.0. The topological polar surface area (TPSA) is 89.9 Å². The molecule has 3 heterocycles. The first-order chi connectivity index (χ1) is 15.7. The Morgan fingerprint density at radius 3 is 2.58 bits per heavy atom. The van der Waals surface area contributed by atoms with Gasteiger partial charge in [0.05, 0.1) is 39.7 Å². The maximum absolute atomic E-state index is 14.2. The summed E-state index contributed by atoms with van der Waals surface area (Å²) in [6, 6.07) is 7.78. The van der Waals surface area contributed by atoms with Crippen LogP contribution in [0.2, 0.25) is 5.02 Å². The second-order valence-corrected chi connectivity index (χ2v) is 8.63. The molecule has 1 aliphatic carbocycles. The van der Waals surface area contributed by atoms with E-state index in [1.165, 1.54) is 12.5 Å². The minimum Gasteiger partial charge on any atom is -0.390 e. The molecule has 0 spiro atoms. The number of hydrogen-bond donors (Lipinski definition) is 1. The van der Waals surface area contributed by atoms with Gasteiger partial charge in [-0.05, 0) is 31.9 Å². The molecular formula is C22H17ClF3N5O2. The molecule has 4 aromatic rings. The maximum atomic E-state index is 14.2.